The average Bonchev–Trinajstić information content (AvgIpc) is 2.34. The molecule has 0 saturated carbocycles. The maximum atomic E-state index is 13.0. The fourth-order valence-corrected chi connectivity index (χ4v) is 2.16. The molecule has 0 atom stereocenters. The zero-order chi connectivity index (χ0) is 14.0. The van der Waals surface area contributed by atoms with E-state index >= 15 is 0 Å². The molecule has 0 aliphatic heterocycles. The van der Waals surface area contributed by atoms with Gasteiger partial charge in [0.05, 0.1) is 26.3 Å². The molecule has 0 bridgehead atoms. The van der Waals surface area contributed by atoms with Gasteiger partial charge in [-0.2, -0.15) is 0 Å². The highest BCUT2D eigenvalue weighted by molar-refractivity contribution is 6.40. The van der Waals surface area contributed by atoms with Gasteiger partial charge < -0.3 is 5.32 Å². The Balaban J connectivity index is 2.32. The quantitative estimate of drug-likeness (QED) is 0.889. The van der Waals surface area contributed by atoms with Gasteiger partial charge in [-0.15, -0.1) is 0 Å². The Morgan fingerprint density at radius 3 is 2.37 bits per heavy atom. The van der Waals surface area contributed by atoms with Crippen LogP contribution >= 0.6 is 34.8 Å². The maximum Gasteiger partial charge on any atom is 0.257 e. The van der Waals surface area contributed by atoms with E-state index in [4.69, 9.17) is 34.8 Å². The number of nitrogens with zero attached hydrogens (tertiary/aromatic N) is 1. The number of anilines is 1. The predicted molar refractivity (Wildman–Crippen MR) is 73.6 cm³/mol. The van der Waals surface area contributed by atoms with Crippen LogP contribution < -0.4 is 5.32 Å². The second kappa shape index (κ2) is 5.74. The smallest absolute Gasteiger partial charge is 0.257 e. The van der Waals surface area contributed by atoms with E-state index in [1.54, 1.807) is 0 Å². The predicted octanol–water partition coefficient (Wildman–Crippen LogP) is 4.43. The van der Waals surface area contributed by atoms with E-state index in [-0.39, 0.29) is 26.3 Å². The number of nitrogens with one attached hydrogen (secondary N) is 1. The number of aromatic nitrogens is 1. The molecule has 1 heterocycles. The van der Waals surface area contributed by atoms with Crippen LogP contribution in [0.25, 0.3) is 0 Å². The molecule has 1 aromatic heterocycles. The van der Waals surface area contributed by atoms with Crippen molar-refractivity contribution < 1.29 is 9.18 Å². The van der Waals surface area contributed by atoms with Crippen LogP contribution in [0.5, 0.6) is 0 Å². The Morgan fingerprint density at radius 1 is 1.16 bits per heavy atom. The summed E-state index contributed by atoms with van der Waals surface area (Å²) in [6, 6.07) is 3.55. The Bertz CT molecular complexity index is 626. The summed E-state index contributed by atoms with van der Waals surface area (Å²) in [5, 5.41) is 2.68. The third kappa shape index (κ3) is 3.15. The number of carbonyl (C=O) groups is 1. The van der Waals surface area contributed by atoms with Gasteiger partial charge in [0.25, 0.3) is 5.91 Å². The lowest BCUT2D eigenvalue weighted by Gasteiger charge is -2.10. The van der Waals surface area contributed by atoms with Gasteiger partial charge in [-0.05, 0) is 18.2 Å². The normalized spacial score (nSPS) is 10.3. The third-order valence-electron chi connectivity index (χ3n) is 2.26. The van der Waals surface area contributed by atoms with Gasteiger partial charge in [0.15, 0.2) is 0 Å². The summed E-state index contributed by atoms with van der Waals surface area (Å²) in [6.07, 6.45) is 2.76. The monoisotopic (exact) mass is 318 g/mol. The van der Waals surface area contributed by atoms with Crippen molar-refractivity contribution in [2.75, 3.05) is 5.32 Å². The summed E-state index contributed by atoms with van der Waals surface area (Å²) in [4.78, 5) is 15.8. The van der Waals surface area contributed by atoms with Gasteiger partial charge in [-0.1, -0.05) is 34.8 Å². The third-order valence-corrected chi connectivity index (χ3v) is 3.16. The number of hydrogen-bond donors (Lipinski definition) is 1. The lowest BCUT2D eigenvalue weighted by Crippen LogP contribution is -2.13. The van der Waals surface area contributed by atoms with E-state index in [9.17, 15) is 9.18 Å². The molecule has 1 amide bonds. The van der Waals surface area contributed by atoms with Crippen LogP contribution in [0.2, 0.25) is 15.1 Å². The van der Waals surface area contributed by atoms with E-state index in [0.717, 1.165) is 12.1 Å². The molecular weight excluding hydrogens is 314 g/mol. The van der Waals surface area contributed by atoms with Gasteiger partial charge in [0, 0.05) is 12.4 Å². The summed E-state index contributed by atoms with van der Waals surface area (Å²) < 4.78 is 13.0. The number of carbonyl (C=O) groups excluding carboxylic acids is 1. The zero-order valence-corrected chi connectivity index (χ0v) is 11.5. The van der Waals surface area contributed by atoms with Crippen LogP contribution in [0.3, 0.4) is 0 Å². The highest BCUT2D eigenvalue weighted by atomic mass is 35.5. The first kappa shape index (κ1) is 14.1. The topological polar surface area (TPSA) is 42.0 Å². The van der Waals surface area contributed by atoms with Crippen molar-refractivity contribution in [2.45, 2.75) is 0 Å². The van der Waals surface area contributed by atoms with Gasteiger partial charge >= 0.3 is 0 Å². The molecule has 3 nitrogen and oxygen atoms in total. The van der Waals surface area contributed by atoms with E-state index in [1.807, 2.05) is 0 Å². The van der Waals surface area contributed by atoms with E-state index in [0.29, 0.717) is 0 Å². The first-order valence-corrected chi connectivity index (χ1v) is 6.18. The first-order valence-electron chi connectivity index (χ1n) is 5.04. The van der Waals surface area contributed by atoms with Crippen molar-refractivity contribution in [3.05, 3.63) is 57.0 Å². The number of rotatable bonds is 2. The van der Waals surface area contributed by atoms with Crippen LogP contribution in [-0.2, 0) is 0 Å². The van der Waals surface area contributed by atoms with Crippen LogP contribution in [0.1, 0.15) is 10.4 Å². The standard InChI is InChI=1S/C12H6Cl3FN2O/c13-8-3-6(16)4-9(14)11(8)18-12(19)7-1-2-17-5-10(7)15/h1-5H,(H,18,19). The average molecular weight is 320 g/mol. The number of halogens is 4. The molecule has 1 aromatic carbocycles. The molecule has 2 rings (SSSR count). The highest BCUT2D eigenvalue weighted by Crippen LogP contribution is 2.32. The number of benzene rings is 1. The van der Waals surface area contributed by atoms with Crippen LogP contribution in [-0.4, -0.2) is 10.9 Å². The molecule has 0 aliphatic carbocycles. The molecule has 2 aromatic rings. The minimum Gasteiger partial charge on any atom is -0.319 e. The Hall–Kier alpha value is -1.36. The number of hydrogen-bond acceptors (Lipinski definition) is 2. The minimum atomic E-state index is -0.588. The lowest BCUT2D eigenvalue weighted by atomic mass is 10.2. The Kier molecular flexibility index (Phi) is 4.24. The van der Waals surface area contributed by atoms with Crippen molar-refractivity contribution in [1.29, 1.82) is 0 Å². The Morgan fingerprint density at radius 2 is 1.79 bits per heavy atom. The maximum absolute atomic E-state index is 13.0. The molecule has 19 heavy (non-hydrogen) atoms. The van der Waals surface area contributed by atoms with E-state index in [1.165, 1.54) is 18.5 Å². The van der Waals surface area contributed by atoms with Gasteiger partial charge in [0.1, 0.15) is 5.82 Å². The fourth-order valence-electron chi connectivity index (χ4n) is 1.40. The second-order valence-corrected chi connectivity index (χ2v) is 4.78. The SMILES string of the molecule is O=C(Nc1c(Cl)cc(F)cc1Cl)c1ccncc1Cl. The largest absolute Gasteiger partial charge is 0.319 e. The summed E-state index contributed by atoms with van der Waals surface area (Å²) >= 11 is 17.5. The molecule has 0 unspecified atom stereocenters. The van der Waals surface area contributed by atoms with Crippen LogP contribution in [0, 0.1) is 5.82 Å². The van der Waals surface area contributed by atoms with Crippen molar-refractivity contribution in [1.82, 2.24) is 4.98 Å². The van der Waals surface area contributed by atoms with E-state index in [2.05, 4.69) is 10.3 Å². The Labute approximate surface area is 123 Å². The molecule has 0 saturated heterocycles. The van der Waals surface area contributed by atoms with Gasteiger partial charge in [0.2, 0.25) is 0 Å². The molecule has 7 heteroatoms. The summed E-state index contributed by atoms with van der Waals surface area (Å²) in [7, 11) is 0. The molecule has 0 spiro atoms. The molecular formula is C12H6Cl3FN2O. The summed E-state index contributed by atoms with van der Waals surface area (Å²) in [5.41, 5.74) is 0.343. The lowest BCUT2D eigenvalue weighted by molar-refractivity contribution is 0.102. The summed E-state index contributed by atoms with van der Waals surface area (Å²) in [6.45, 7) is 0. The molecule has 0 radical (unpaired) electrons. The van der Waals surface area contributed by atoms with Crippen molar-refractivity contribution in [3.63, 3.8) is 0 Å². The van der Waals surface area contributed by atoms with Crippen molar-refractivity contribution >= 4 is 46.4 Å². The van der Waals surface area contributed by atoms with Crippen LogP contribution in [0.15, 0.2) is 30.6 Å². The molecule has 1 N–H and O–H groups in total. The molecule has 0 fully saturated rings. The van der Waals surface area contributed by atoms with E-state index < -0.39 is 11.7 Å². The second-order valence-electron chi connectivity index (χ2n) is 3.55. The fraction of sp³-hybridized carbons (Fsp3) is 0. The summed E-state index contributed by atoms with van der Waals surface area (Å²) in [5.74, 6) is -1.10. The molecule has 98 valence electrons. The van der Waals surface area contributed by atoms with Gasteiger partial charge in [-0.25, -0.2) is 4.39 Å². The van der Waals surface area contributed by atoms with Crippen LogP contribution in [0.4, 0.5) is 10.1 Å². The minimum absolute atomic E-state index is 0.00327. The number of pyridine rings is 1. The van der Waals surface area contributed by atoms with Crippen molar-refractivity contribution in [2.24, 2.45) is 0 Å². The highest BCUT2D eigenvalue weighted by Gasteiger charge is 2.15. The number of amides is 1. The zero-order valence-electron chi connectivity index (χ0n) is 9.25. The van der Waals surface area contributed by atoms with Gasteiger partial charge in [-0.3, -0.25) is 9.78 Å². The molecule has 0 aliphatic rings. The van der Waals surface area contributed by atoms with Crippen molar-refractivity contribution in [3.8, 4) is 0 Å². The first-order chi connectivity index (χ1) is 8.99.